The lowest BCUT2D eigenvalue weighted by molar-refractivity contribution is 0.414. The van der Waals surface area contributed by atoms with Crippen molar-refractivity contribution in [2.75, 3.05) is 17.2 Å². The van der Waals surface area contributed by atoms with E-state index in [9.17, 15) is 0 Å². The van der Waals surface area contributed by atoms with Gasteiger partial charge in [0, 0.05) is 11.3 Å². The molecule has 0 saturated heterocycles. The molecule has 0 N–H and O–H groups in total. The molecule has 0 amide bonds. The number of rotatable bonds is 6. The second-order valence-electron chi connectivity index (χ2n) is 8.04. The topological polar surface area (TPSA) is 12.5 Å². The van der Waals surface area contributed by atoms with E-state index in [4.69, 9.17) is 4.74 Å². The average molecular weight is 418 g/mol. The molecule has 30 heavy (non-hydrogen) atoms. The van der Waals surface area contributed by atoms with Crippen LogP contribution in [0.5, 0.6) is 5.75 Å². The zero-order valence-corrected chi connectivity index (χ0v) is 19.5. The Labute approximate surface area is 185 Å². The molecule has 2 nitrogen and oxygen atoms in total. The van der Waals surface area contributed by atoms with Crippen LogP contribution in [-0.4, -0.2) is 12.9 Å². The molecule has 0 atom stereocenters. The first-order valence-electron chi connectivity index (χ1n) is 10.9. The summed E-state index contributed by atoms with van der Waals surface area (Å²) < 4.78 is 8.03. The summed E-state index contributed by atoms with van der Waals surface area (Å²) in [5.41, 5.74) is 12.2. The maximum atomic E-state index is 5.52. The zero-order chi connectivity index (χ0) is 21.3. The minimum Gasteiger partial charge on any atom is -0.497 e. The zero-order valence-electron chi connectivity index (χ0n) is 18.7. The van der Waals surface area contributed by atoms with Crippen molar-refractivity contribution >= 4 is 17.6 Å². The van der Waals surface area contributed by atoms with Gasteiger partial charge in [0.1, 0.15) is 5.75 Å². The number of anilines is 1. The third-order valence-corrected chi connectivity index (χ3v) is 7.22. The summed E-state index contributed by atoms with van der Waals surface area (Å²) in [6, 6.07) is 17.9. The number of ether oxygens (including phenoxy) is 1. The first-order valence-corrected chi connectivity index (χ1v) is 11.8. The van der Waals surface area contributed by atoms with E-state index in [0.717, 1.165) is 24.5 Å². The summed E-state index contributed by atoms with van der Waals surface area (Å²) in [5, 5.41) is 0. The molecule has 4 rings (SSSR count). The van der Waals surface area contributed by atoms with Crippen LogP contribution in [0.2, 0.25) is 0 Å². The third-order valence-electron chi connectivity index (χ3n) is 6.01. The van der Waals surface area contributed by atoms with Gasteiger partial charge in [-0.1, -0.05) is 49.7 Å². The van der Waals surface area contributed by atoms with Gasteiger partial charge in [0.25, 0.3) is 0 Å². The molecule has 3 aromatic carbocycles. The average Bonchev–Trinajstić information content (AvgIpc) is 2.77. The molecule has 1 heterocycles. The normalized spacial score (nSPS) is 12.5. The Morgan fingerprint density at radius 1 is 0.933 bits per heavy atom. The largest absolute Gasteiger partial charge is 0.497 e. The fourth-order valence-corrected chi connectivity index (χ4v) is 5.45. The summed E-state index contributed by atoms with van der Waals surface area (Å²) in [5.74, 6) is 2.05. The smallest absolute Gasteiger partial charge is 0.119 e. The van der Waals surface area contributed by atoms with Gasteiger partial charge in [-0.3, -0.25) is 0 Å². The van der Waals surface area contributed by atoms with Crippen LogP contribution in [0.15, 0.2) is 48.5 Å². The van der Waals surface area contributed by atoms with Crippen LogP contribution in [0.4, 0.5) is 5.69 Å². The molecule has 0 fully saturated rings. The van der Waals surface area contributed by atoms with Crippen molar-refractivity contribution in [2.45, 2.75) is 47.1 Å². The van der Waals surface area contributed by atoms with Crippen LogP contribution in [-0.2, 0) is 13.0 Å². The lowest BCUT2D eigenvalue weighted by Crippen LogP contribution is -2.22. The van der Waals surface area contributed by atoms with Gasteiger partial charge in [-0.05, 0) is 90.2 Å². The first-order chi connectivity index (χ1) is 14.6. The minimum absolute atomic E-state index is 0.915. The van der Waals surface area contributed by atoms with Gasteiger partial charge in [0.2, 0.25) is 0 Å². The van der Waals surface area contributed by atoms with Gasteiger partial charge >= 0.3 is 0 Å². The van der Waals surface area contributed by atoms with Crippen LogP contribution in [0.3, 0.4) is 0 Å². The molecule has 1 aliphatic heterocycles. The quantitative estimate of drug-likeness (QED) is 0.383. The van der Waals surface area contributed by atoms with Gasteiger partial charge in [-0.2, -0.15) is 0 Å². The molecular weight excluding hydrogens is 386 g/mol. The van der Waals surface area contributed by atoms with Gasteiger partial charge < -0.3 is 9.04 Å². The number of methoxy groups -OCH3 is 1. The number of benzene rings is 3. The summed E-state index contributed by atoms with van der Waals surface area (Å²) in [7, 11) is 1.75. The van der Waals surface area contributed by atoms with Crippen LogP contribution in [0, 0.1) is 13.8 Å². The molecule has 3 aromatic rings. The van der Waals surface area contributed by atoms with Crippen LogP contribution in [0.25, 0.3) is 22.3 Å². The van der Waals surface area contributed by atoms with E-state index in [1.165, 1.54) is 56.6 Å². The fourth-order valence-electron chi connectivity index (χ4n) is 4.46. The summed E-state index contributed by atoms with van der Waals surface area (Å²) in [6.45, 7) is 9.90. The van der Waals surface area contributed by atoms with Crippen LogP contribution >= 0.6 is 11.9 Å². The molecule has 0 aromatic heterocycles. The second kappa shape index (κ2) is 8.77. The SMILES string of the molecule is CCCSN1Cc2cc(OC)ccc2-c2cc(-c3ccc(C)cc3)c(CC)c(C)c21. The van der Waals surface area contributed by atoms with Crippen molar-refractivity contribution in [1.82, 2.24) is 0 Å². The molecule has 0 radical (unpaired) electrons. The van der Waals surface area contributed by atoms with Crippen molar-refractivity contribution < 1.29 is 4.74 Å². The Morgan fingerprint density at radius 2 is 1.70 bits per heavy atom. The van der Waals surface area contributed by atoms with E-state index in [1.54, 1.807) is 7.11 Å². The van der Waals surface area contributed by atoms with Gasteiger partial charge in [0.05, 0.1) is 19.3 Å². The Hall–Kier alpha value is -2.39. The van der Waals surface area contributed by atoms with E-state index in [-0.39, 0.29) is 0 Å². The molecule has 156 valence electrons. The number of fused-ring (bicyclic) bond motifs is 3. The van der Waals surface area contributed by atoms with Crippen molar-refractivity contribution in [3.63, 3.8) is 0 Å². The molecule has 0 aliphatic carbocycles. The number of hydrogen-bond acceptors (Lipinski definition) is 3. The molecule has 0 saturated carbocycles. The summed E-state index contributed by atoms with van der Waals surface area (Å²) in [6.07, 6.45) is 2.20. The van der Waals surface area contributed by atoms with Crippen molar-refractivity contribution in [1.29, 1.82) is 0 Å². The predicted molar refractivity (Wildman–Crippen MR) is 132 cm³/mol. The Kier molecular flexibility index (Phi) is 6.10. The van der Waals surface area contributed by atoms with Gasteiger partial charge in [-0.15, -0.1) is 0 Å². The van der Waals surface area contributed by atoms with Gasteiger partial charge in [0.15, 0.2) is 0 Å². The Morgan fingerprint density at radius 3 is 2.37 bits per heavy atom. The molecule has 0 bridgehead atoms. The van der Waals surface area contributed by atoms with E-state index in [2.05, 4.69) is 80.5 Å². The fraction of sp³-hybridized carbons (Fsp3) is 0.333. The highest BCUT2D eigenvalue weighted by molar-refractivity contribution is 8.00. The highest BCUT2D eigenvalue weighted by Crippen LogP contribution is 2.48. The number of hydrogen-bond donors (Lipinski definition) is 0. The molecule has 1 aliphatic rings. The van der Waals surface area contributed by atoms with E-state index in [1.807, 2.05) is 11.9 Å². The standard InChI is InChI=1S/C27H31NOS/c1-6-14-30-28-17-21-15-22(29-5)12-13-24(21)26-16-25(20-10-8-18(3)9-11-20)23(7-2)19(4)27(26)28/h8-13,15-16H,6-7,14,17H2,1-5H3. The summed E-state index contributed by atoms with van der Waals surface area (Å²) >= 11 is 1.95. The summed E-state index contributed by atoms with van der Waals surface area (Å²) in [4.78, 5) is 0. The van der Waals surface area contributed by atoms with E-state index < -0.39 is 0 Å². The lowest BCUT2D eigenvalue weighted by Gasteiger charge is -2.35. The van der Waals surface area contributed by atoms with Gasteiger partial charge in [-0.25, -0.2) is 0 Å². The van der Waals surface area contributed by atoms with Crippen molar-refractivity contribution in [3.05, 3.63) is 70.8 Å². The highest BCUT2D eigenvalue weighted by atomic mass is 32.2. The third kappa shape index (κ3) is 3.72. The molecule has 3 heteroatoms. The molecular formula is C27H31NOS. The molecule has 0 spiro atoms. The predicted octanol–water partition coefficient (Wildman–Crippen LogP) is 7.59. The number of aryl methyl sites for hydroxylation is 1. The molecule has 0 unspecified atom stereocenters. The van der Waals surface area contributed by atoms with Crippen molar-refractivity contribution in [3.8, 4) is 28.0 Å². The Bertz CT molecular complexity index is 1060. The Balaban J connectivity index is 1.96. The highest BCUT2D eigenvalue weighted by Gasteiger charge is 2.27. The van der Waals surface area contributed by atoms with Crippen molar-refractivity contribution in [2.24, 2.45) is 0 Å². The maximum absolute atomic E-state index is 5.52. The second-order valence-corrected chi connectivity index (χ2v) is 9.14. The lowest BCUT2D eigenvalue weighted by atomic mass is 9.85. The van der Waals surface area contributed by atoms with Crippen LogP contribution in [0.1, 0.15) is 42.5 Å². The first kappa shape index (κ1) is 20.9. The van der Waals surface area contributed by atoms with E-state index in [0.29, 0.717) is 0 Å². The maximum Gasteiger partial charge on any atom is 0.119 e. The monoisotopic (exact) mass is 417 g/mol. The number of nitrogens with zero attached hydrogens (tertiary/aromatic N) is 1. The van der Waals surface area contributed by atoms with E-state index >= 15 is 0 Å². The van der Waals surface area contributed by atoms with Crippen LogP contribution < -0.4 is 9.04 Å². The minimum atomic E-state index is 0.915.